The van der Waals surface area contributed by atoms with Gasteiger partial charge in [-0.25, -0.2) is 0 Å². The van der Waals surface area contributed by atoms with E-state index in [2.05, 4.69) is 51.1 Å². The number of fused-ring (bicyclic) bond motifs is 4. The van der Waals surface area contributed by atoms with Gasteiger partial charge < -0.3 is 5.73 Å². The maximum absolute atomic E-state index is 6.75. The SMILES string of the molecule is Cc1ccc2c(c1)C1(C)CC/C=C\CC(C)(C2)C1N. The number of benzene rings is 1. The Morgan fingerprint density at radius 2 is 2.00 bits per heavy atom. The average molecular weight is 255 g/mol. The lowest BCUT2D eigenvalue weighted by atomic mass is 9.54. The number of nitrogens with two attached hydrogens (primary N) is 1. The van der Waals surface area contributed by atoms with Gasteiger partial charge in [-0.3, -0.25) is 0 Å². The fraction of sp³-hybridized carbons (Fsp3) is 0.556. The Morgan fingerprint density at radius 3 is 2.79 bits per heavy atom. The highest BCUT2D eigenvalue weighted by Crippen LogP contribution is 2.50. The molecule has 1 nitrogen and oxygen atoms in total. The van der Waals surface area contributed by atoms with Gasteiger partial charge in [-0.1, -0.05) is 49.8 Å². The highest BCUT2D eigenvalue weighted by atomic mass is 14.8. The van der Waals surface area contributed by atoms with E-state index in [0.717, 1.165) is 25.7 Å². The van der Waals surface area contributed by atoms with Gasteiger partial charge in [0.1, 0.15) is 0 Å². The van der Waals surface area contributed by atoms with Crippen LogP contribution < -0.4 is 5.73 Å². The molecule has 2 N–H and O–H groups in total. The smallest absolute Gasteiger partial charge is 0.0194 e. The summed E-state index contributed by atoms with van der Waals surface area (Å²) in [5.74, 6) is 0. The predicted molar refractivity (Wildman–Crippen MR) is 81.3 cm³/mol. The third-order valence-corrected chi connectivity index (χ3v) is 5.49. The molecule has 0 aliphatic heterocycles. The van der Waals surface area contributed by atoms with Crippen molar-refractivity contribution in [3.8, 4) is 0 Å². The molecule has 0 amide bonds. The van der Waals surface area contributed by atoms with Crippen LogP contribution in [0.3, 0.4) is 0 Å². The molecule has 0 aromatic heterocycles. The lowest BCUT2D eigenvalue weighted by Crippen LogP contribution is -2.57. The van der Waals surface area contributed by atoms with Crippen molar-refractivity contribution in [1.82, 2.24) is 0 Å². The van der Waals surface area contributed by atoms with Gasteiger partial charge in [-0.15, -0.1) is 0 Å². The molecule has 0 spiro atoms. The first-order valence-corrected chi connectivity index (χ1v) is 7.46. The van der Waals surface area contributed by atoms with E-state index in [9.17, 15) is 0 Å². The number of hydrogen-bond donors (Lipinski definition) is 1. The fourth-order valence-corrected chi connectivity index (χ4v) is 4.20. The van der Waals surface area contributed by atoms with Crippen molar-refractivity contribution in [1.29, 1.82) is 0 Å². The van der Waals surface area contributed by atoms with Crippen LogP contribution in [0.1, 0.15) is 49.8 Å². The third kappa shape index (κ3) is 1.87. The molecule has 19 heavy (non-hydrogen) atoms. The summed E-state index contributed by atoms with van der Waals surface area (Å²) in [6.45, 7) is 6.94. The molecule has 0 saturated carbocycles. The van der Waals surface area contributed by atoms with Crippen molar-refractivity contribution in [2.45, 2.75) is 57.9 Å². The summed E-state index contributed by atoms with van der Waals surface area (Å²) in [7, 11) is 0. The van der Waals surface area contributed by atoms with E-state index in [4.69, 9.17) is 5.73 Å². The number of rotatable bonds is 0. The van der Waals surface area contributed by atoms with Crippen LogP contribution in [0.4, 0.5) is 0 Å². The predicted octanol–water partition coefficient (Wildman–Crippen LogP) is 3.88. The minimum Gasteiger partial charge on any atom is -0.326 e. The van der Waals surface area contributed by atoms with Gasteiger partial charge >= 0.3 is 0 Å². The van der Waals surface area contributed by atoms with E-state index in [-0.39, 0.29) is 16.9 Å². The van der Waals surface area contributed by atoms with Gasteiger partial charge in [-0.05, 0) is 49.1 Å². The van der Waals surface area contributed by atoms with Gasteiger partial charge in [0.05, 0.1) is 0 Å². The summed E-state index contributed by atoms with van der Waals surface area (Å²) in [6.07, 6.45) is 9.23. The van der Waals surface area contributed by atoms with Gasteiger partial charge in [0, 0.05) is 11.5 Å². The Kier molecular flexibility index (Phi) is 2.86. The number of hydrogen-bond acceptors (Lipinski definition) is 1. The first kappa shape index (κ1) is 12.9. The molecule has 3 rings (SSSR count). The molecule has 2 aliphatic carbocycles. The molecular weight excluding hydrogens is 230 g/mol. The Bertz CT molecular complexity index is 530. The molecule has 2 aliphatic rings. The normalized spacial score (nSPS) is 39.1. The Balaban J connectivity index is 2.21. The number of allylic oxidation sites excluding steroid dienone is 2. The summed E-state index contributed by atoms with van der Waals surface area (Å²) < 4.78 is 0. The molecule has 0 saturated heterocycles. The van der Waals surface area contributed by atoms with E-state index in [1.54, 1.807) is 0 Å². The lowest BCUT2D eigenvalue weighted by Gasteiger charge is -2.52. The molecule has 2 bridgehead atoms. The summed E-state index contributed by atoms with van der Waals surface area (Å²) in [5, 5.41) is 0. The van der Waals surface area contributed by atoms with E-state index >= 15 is 0 Å². The van der Waals surface area contributed by atoms with Gasteiger partial charge in [0.15, 0.2) is 0 Å². The molecule has 3 atom stereocenters. The van der Waals surface area contributed by atoms with Crippen molar-refractivity contribution in [3.05, 3.63) is 47.0 Å². The first-order valence-electron chi connectivity index (χ1n) is 7.46. The van der Waals surface area contributed by atoms with Crippen LogP contribution in [0.15, 0.2) is 30.4 Å². The van der Waals surface area contributed by atoms with E-state index < -0.39 is 0 Å². The molecule has 0 heterocycles. The second-order valence-electron chi connectivity index (χ2n) is 7.10. The molecule has 0 radical (unpaired) electrons. The van der Waals surface area contributed by atoms with Crippen LogP contribution in [0, 0.1) is 12.3 Å². The van der Waals surface area contributed by atoms with Gasteiger partial charge in [-0.2, -0.15) is 0 Å². The van der Waals surface area contributed by atoms with Crippen molar-refractivity contribution in [2.75, 3.05) is 0 Å². The second kappa shape index (κ2) is 4.21. The molecule has 1 aromatic carbocycles. The Labute approximate surface area is 116 Å². The molecule has 1 heteroatoms. The summed E-state index contributed by atoms with van der Waals surface area (Å²) in [5.41, 5.74) is 11.5. The zero-order chi connectivity index (χ0) is 13.7. The van der Waals surface area contributed by atoms with Crippen molar-refractivity contribution < 1.29 is 0 Å². The van der Waals surface area contributed by atoms with Crippen LogP contribution in [0.2, 0.25) is 0 Å². The monoisotopic (exact) mass is 255 g/mol. The largest absolute Gasteiger partial charge is 0.326 e. The second-order valence-corrected chi connectivity index (χ2v) is 7.10. The van der Waals surface area contributed by atoms with Crippen LogP contribution in [-0.2, 0) is 11.8 Å². The van der Waals surface area contributed by atoms with E-state index in [0.29, 0.717) is 0 Å². The van der Waals surface area contributed by atoms with Crippen molar-refractivity contribution in [2.24, 2.45) is 11.1 Å². The maximum atomic E-state index is 6.75. The maximum Gasteiger partial charge on any atom is 0.0194 e. The first-order chi connectivity index (χ1) is 8.96. The highest BCUT2D eigenvalue weighted by molar-refractivity contribution is 5.43. The molecule has 3 unspecified atom stereocenters. The average Bonchev–Trinajstić information content (AvgIpc) is 2.37. The minimum absolute atomic E-state index is 0.124. The van der Waals surface area contributed by atoms with Gasteiger partial charge in [0.2, 0.25) is 0 Å². The molecule has 1 aromatic rings. The topological polar surface area (TPSA) is 26.0 Å². The molecule has 0 fully saturated rings. The Morgan fingerprint density at radius 1 is 1.21 bits per heavy atom. The fourth-order valence-electron chi connectivity index (χ4n) is 4.20. The van der Waals surface area contributed by atoms with Crippen LogP contribution in [-0.4, -0.2) is 6.04 Å². The summed E-state index contributed by atoms with van der Waals surface area (Å²) in [6, 6.07) is 7.20. The van der Waals surface area contributed by atoms with Crippen LogP contribution in [0.25, 0.3) is 0 Å². The molecular formula is C18H25N. The van der Waals surface area contributed by atoms with Crippen molar-refractivity contribution in [3.63, 3.8) is 0 Å². The Hall–Kier alpha value is -1.08. The summed E-state index contributed by atoms with van der Waals surface area (Å²) >= 11 is 0. The van der Waals surface area contributed by atoms with Crippen molar-refractivity contribution >= 4 is 0 Å². The van der Waals surface area contributed by atoms with Crippen LogP contribution in [0.5, 0.6) is 0 Å². The zero-order valence-electron chi connectivity index (χ0n) is 12.4. The standard InChI is InChI=1S/C18H25N/c1-13-7-8-14-12-17(2)9-5-4-6-10-18(3,16(17)19)15(14)11-13/h4-5,7-8,11,16H,6,9-10,12,19H2,1-3H3/b5-4-. The minimum atomic E-state index is 0.124. The van der Waals surface area contributed by atoms with E-state index in [1.165, 1.54) is 16.7 Å². The third-order valence-electron chi connectivity index (χ3n) is 5.49. The number of aryl methyl sites for hydroxylation is 1. The highest BCUT2D eigenvalue weighted by Gasteiger charge is 2.49. The van der Waals surface area contributed by atoms with E-state index in [1.807, 2.05) is 0 Å². The lowest BCUT2D eigenvalue weighted by molar-refractivity contribution is 0.141. The molecule has 102 valence electrons. The summed E-state index contributed by atoms with van der Waals surface area (Å²) in [4.78, 5) is 0. The van der Waals surface area contributed by atoms with Gasteiger partial charge in [0.25, 0.3) is 0 Å². The van der Waals surface area contributed by atoms with Crippen LogP contribution >= 0.6 is 0 Å². The quantitative estimate of drug-likeness (QED) is 0.699. The zero-order valence-corrected chi connectivity index (χ0v) is 12.4.